The van der Waals surface area contributed by atoms with E-state index in [2.05, 4.69) is 6.92 Å². The first-order valence-corrected chi connectivity index (χ1v) is 15.2. The predicted octanol–water partition coefficient (Wildman–Crippen LogP) is 6.78. The van der Waals surface area contributed by atoms with Gasteiger partial charge in [0.15, 0.2) is 17.9 Å². The molecular formula is C29H50O6. The summed E-state index contributed by atoms with van der Waals surface area (Å²) in [6.45, 7) is 3.60. The Hall–Kier alpha value is -0.240. The zero-order valence-electron chi connectivity index (χ0n) is 22.2. The molecule has 35 heavy (non-hydrogen) atoms. The van der Waals surface area contributed by atoms with Gasteiger partial charge in [0.2, 0.25) is 0 Å². The van der Waals surface area contributed by atoms with E-state index in [0.717, 1.165) is 51.6 Å². The van der Waals surface area contributed by atoms with Crippen molar-refractivity contribution in [1.82, 2.24) is 0 Å². The van der Waals surface area contributed by atoms with Gasteiger partial charge < -0.3 is 28.4 Å². The molecule has 6 heteroatoms. The van der Waals surface area contributed by atoms with Crippen LogP contribution in [0.2, 0.25) is 0 Å². The third kappa shape index (κ3) is 6.43. The molecule has 5 aliphatic rings. The Morgan fingerprint density at radius 3 is 1.97 bits per heavy atom. The van der Waals surface area contributed by atoms with Gasteiger partial charge in [-0.1, -0.05) is 71.1 Å². The van der Waals surface area contributed by atoms with Gasteiger partial charge in [-0.05, 0) is 32.1 Å². The summed E-state index contributed by atoms with van der Waals surface area (Å²) in [6.07, 6.45) is 22.0. The van der Waals surface area contributed by atoms with Crippen molar-refractivity contribution in [2.45, 2.75) is 171 Å². The summed E-state index contributed by atoms with van der Waals surface area (Å²) in [5.74, 6) is -0.868. The summed E-state index contributed by atoms with van der Waals surface area (Å²) in [7, 11) is 0. The maximum absolute atomic E-state index is 6.63. The molecule has 3 heterocycles. The van der Waals surface area contributed by atoms with Crippen LogP contribution >= 0.6 is 0 Å². The molecule has 3 saturated heterocycles. The second-order valence-corrected chi connectivity index (χ2v) is 11.7. The molecule has 3 aliphatic heterocycles. The SMILES string of the molecule is CCCCCCCCCCCO[C@H]1[C@@H]2OC3(CCCCC3)O[C@H]2O[C@H]1[C@@H]1COC2(CCCCC2)O1. The fourth-order valence-electron chi connectivity index (χ4n) is 6.90. The second kappa shape index (κ2) is 12.5. The van der Waals surface area contributed by atoms with E-state index in [9.17, 15) is 0 Å². The minimum absolute atomic E-state index is 0.110. The number of hydrogen-bond acceptors (Lipinski definition) is 6. The maximum atomic E-state index is 6.63. The van der Waals surface area contributed by atoms with Crippen molar-refractivity contribution in [2.75, 3.05) is 13.2 Å². The average Bonchev–Trinajstić information content (AvgIpc) is 3.53. The third-order valence-electron chi connectivity index (χ3n) is 8.92. The molecule has 0 unspecified atom stereocenters. The zero-order valence-corrected chi connectivity index (χ0v) is 22.2. The van der Waals surface area contributed by atoms with Crippen LogP contribution in [0.1, 0.15) is 129 Å². The molecule has 202 valence electrons. The summed E-state index contributed by atoms with van der Waals surface area (Å²) in [5.41, 5.74) is 0. The molecule has 2 aliphatic carbocycles. The van der Waals surface area contributed by atoms with E-state index in [-0.39, 0.29) is 30.7 Å². The molecule has 0 N–H and O–H groups in total. The van der Waals surface area contributed by atoms with E-state index >= 15 is 0 Å². The Kier molecular flexibility index (Phi) is 9.45. The van der Waals surface area contributed by atoms with Crippen molar-refractivity contribution in [3.63, 3.8) is 0 Å². The molecular weight excluding hydrogens is 444 g/mol. The van der Waals surface area contributed by atoms with Crippen LogP contribution in [0.25, 0.3) is 0 Å². The minimum Gasteiger partial charge on any atom is -0.372 e. The van der Waals surface area contributed by atoms with Crippen molar-refractivity contribution in [3.8, 4) is 0 Å². The Balaban J connectivity index is 1.12. The normalized spacial score (nSPS) is 35.7. The molecule has 5 atom stereocenters. The molecule has 0 radical (unpaired) electrons. The van der Waals surface area contributed by atoms with Crippen LogP contribution in [0.3, 0.4) is 0 Å². The summed E-state index contributed by atoms with van der Waals surface area (Å²) >= 11 is 0. The van der Waals surface area contributed by atoms with Gasteiger partial charge in [0.05, 0.1) is 6.61 Å². The third-order valence-corrected chi connectivity index (χ3v) is 8.92. The first-order chi connectivity index (χ1) is 17.2. The van der Waals surface area contributed by atoms with Crippen LogP contribution in [0, 0.1) is 0 Å². The molecule has 0 aromatic heterocycles. The van der Waals surface area contributed by atoms with Gasteiger partial charge in [-0.3, -0.25) is 0 Å². The zero-order chi connectivity index (χ0) is 24.0. The maximum Gasteiger partial charge on any atom is 0.190 e. The topological polar surface area (TPSA) is 55.4 Å². The molecule has 5 fully saturated rings. The van der Waals surface area contributed by atoms with Crippen molar-refractivity contribution in [1.29, 1.82) is 0 Å². The van der Waals surface area contributed by atoms with E-state index < -0.39 is 11.6 Å². The van der Waals surface area contributed by atoms with Crippen molar-refractivity contribution in [2.24, 2.45) is 0 Å². The van der Waals surface area contributed by atoms with E-state index in [1.807, 2.05) is 0 Å². The molecule has 0 amide bonds. The van der Waals surface area contributed by atoms with E-state index in [1.54, 1.807) is 0 Å². The lowest BCUT2D eigenvalue weighted by atomic mass is 9.94. The lowest BCUT2D eigenvalue weighted by Gasteiger charge is -2.35. The lowest BCUT2D eigenvalue weighted by Crippen LogP contribution is -2.46. The monoisotopic (exact) mass is 494 g/mol. The Labute approximate surface area is 213 Å². The molecule has 2 saturated carbocycles. The number of unbranched alkanes of at least 4 members (excludes halogenated alkanes) is 8. The van der Waals surface area contributed by atoms with Gasteiger partial charge >= 0.3 is 0 Å². The first kappa shape index (κ1) is 26.4. The number of fused-ring (bicyclic) bond motifs is 1. The van der Waals surface area contributed by atoms with Crippen LogP contribution in [0.5, 0.6) is 0 Å². The van der Waals surface area contributed by atoms with Crippen molar-refractivity contribution < 1.29 is 28.4 Å². The Morgan fingerprint density at radius 1 is 0.657 bits per heavy atom. The largest absolute Gasteiger partial charge is 0.372 e. The van der Waals surface area contributed by atoms with E-state index in [4.69, 9.17) is 28.4 Å². The van der Waals surface area contributed by atoms with Crippen molar-refractivity contribution >= 4 is 0 Å². The molecule has 2 spiro atoms. The molecule has 0 aromatic carbocycles. The number of rotatable bonds is 12. The Morgan fingerprint density at radius 2 is 1.29 bits per heavy atom. The van der Waals surface area contributed by atoms with Gasteiger partial charge in [-0.25, -0.2) is 0 Å². The first-order valence-electron chi connectivity index (χ1n) is 15.2. The lowest BCUT2D eigenvalue weighted by molar-refractivity contribution is -0.262. The van der Waals surface area contributed by atoms with Crippen LogP contribution in [-0.4, -0.2) is 55.5 Å². The molecule has 0 bridgehead atoms. The van der Waals surface area contributed by atoms with Gasteiger partial charge in [-0.15, -0.1) is 0 Å². The fourth-order valence-corrected chi connectivity index (χ4v) is 6.90. The van der Waals surface area contributed by atoms with E-state index in [0.29, 0.717) is 6.61 Å². The highest BCUT2D eigenvalue weighted by atomic mass is 16.9. The van der Waals surface area contributed by atoms with Gasteiger partial charge in [0.1, 0.15) is 24.4 Å². The van der Waals surface area contributed by atoms with Crippen LogP contribution in [0.15, 0.2) is 0 Å². The van der Waals surface area contributed by atoms with Gasteiger partial charge in [-0.2, -0.15) is 0 Å². The molecule has 5 rings (SSSR count). The Bertz CT molecular complexity index is 629. The quantitative estimate of drug-likeness (QED) is 0.279. The highest BCUT2D eigenvalue weighted by molar-refractivity contribution is 5.01. The summed E-state index contributed by atoms with van der Waals surface area (Å²) in [4.78, 5) is 0. The summed E-state index contributed by atoms with van der Waals surface area (Å²) in [5, 5.41) is 0. The van der Waals surface area contributed by atoms with Gasteiger partial charge in [0, 0.05) is 32.3 Å². The minimum atomic E-state index is -0.463. The van der Waals surface area contributed by atoms with Crippen LogP contribution < -0.4 is 0 Å². The molecule has 6 nitrogen and oxygen atoms in total. The van der Waals surface area contributed by atoms with E-state index in [1.165, 1.54) is 77.0 Å². The molecule has 0 aromatic rings. The van der Waals surface area contributed by atoms with Gasteiger partial charge in [0.25, 0.3) is 0 Å². The van der Waals surface area contributed by atoms with Crippen LogP contribution in [-0.2, 0) is 28.4 Å². The van der Waals surface area contributed by atoms with Crippen molar-refractivity contribution in [3.05, 3.63) is 0 Å². The summed E-state index contributed by atoms with van der Waals surface area (Å²) in [6, 6.07) is 0. The standard InChI is InChI=1S/C29H50O6/c1-2-3-4-5-6-7-8-9-16-21-30-25-24(23-22-31-28(33-23)17-12-10-13-18-28)32-27-26(25)34-29(35-27)19-14-11-15-20-29/h23-27H,2-22H2,1H3/t23-,24-,25+,26-,27+/m0/s1. The number of hydrogen-bond donors (Lipinski definition) is 0. The summed E-state index contributed by atoms with van der Waals surface area (Å²) < 4.78 is 39.0. The predicted molar refractivity (Wildman–Crippen MR) is 134 cm³/mol. The van der Waals surface area contributed by atoms with Crippen LogP contribution in [0.4, 0.5) is 0 Å². The highest BCUT2D eigenvalue weighted by Gasteiger charge is 2.61. The number of ether oxygens (including phenoxy) is 6. The second-order valence-electron chi connectivity index (χ2n) is 11.7. The highest BCUT2D eigenvalue weighted by Crippen LogP contribution is 2.48. The fraction of sp³-hybridized carbons (Fsp3) is 1.00. The average molecular weight is 495 g/mol. The smallest absolute Gasteiger partial charge is 0.190 e.